The normalized spacial score (nSPS) is 10.7. The number of nitrogens with zero attached hydrogens (tertiary/aromatic N) is 1. The lowest BCUT2D eigenvalue weighted by atomic mass is 10.0. The van der Waals surface area contributed by atoms with Crippen LogP contribution < -0.4 is 10.1 Å². The van der Waals surface area contributed by atoms with E-state index in [9.17, 15) is 15.2 Å². The van der Waals surface area contributed by atoms with E-state index in [0.29, 0.717) is 36.4 Å². The molecule has 0 aliphatic carbocycles. The van der Waals surface area contributed by atoms with Gasteiger partial charge in [0.15, 0.2) is 11.5 Å². The van der Waals surface area contributed by atoms with Crippen LogP contribution in [0.1, 0.15) is 23.6 Å². The van der Waals surface area contributed by atoms with Gasteiger partial charge < -0.3 is 15.2 Å². The Balaban J connectivity index is 2.26. The summed E-state index contributed by atoms with van der Waals surface area (Å²) in [5.41, 5.74) is 2.13. The van der Waals surface area contributed by atoms with Gasteiger partial charge in [-0.25, -0.2) is 0 Å². The Morgan fingerprint density at radius 1 is 1.33 bits per heavy atom. The molecule has 0 heterocycles. The number of allylic oxidation sites excluding steroid dienone is 1. The van der Waals surface area contributed by atoms with Crippen molar-refractivity contribution in [3.8, 4) is 17.6 Å². The van der Waals surface area contributed by atoms with Crippen molar-refractivity contribution in [1.82, 2.24) is 5.32 Å². The highest BCUT2D eigenvalue weighted by atomic mass is 16.5. The van der Waals surface area contributed by atoms with Crippen molar-refractivity contribution in [3.05, 3.63) is 77.4 Å². The van der Waals surface area contributed by atoms with Gasteiger partial charge in [-0.2, -0.15) is 5.26 Å². The zero-order valence-corrected chi connectivity index (χ0v) is 15.2. The minimum absolute atomic E-state index is 0.0244. The van der Waals surface area contributed by atoms with E-state index < -0.39 is 5.91 Å². The number of ether oxygens (including phenoxy) is 1. The van der Waals surface area contributed by atoms with E-state index in [1.807, 2.05) is 43.3 Å². The summed E-state index contributed by atoms with van der Waals surface area (Å²) in [6, 6.07) is 14.7. The zero-order chi connectivity index (χ0) is 19.6. The number of nitriles is 1. The van der Waals surface area contributed by atoms with E-state index >= 15 is 0 Å². The molecular weight excluding hydrogens is 340 g/mol. The number of hydrogen-bond acceptors (Lipinski definition) is 4. The number of hydrogen-bond donors (Lipinski definition) is 2. The molecule has 0 radical (unpaired) electrons. The van der Waals surface area contributed by atoms with E-state index in [4.69, 9.17) is 4.74 Å². The summed E-state index contributed by atoms with van der Waals surface area (Å²) in [6.07, 6.45) is 3.58. The maximum absolute atomic E-state index is 12.3. The molecule has 0 aromatic heterocycles. The summed E-state index contributed by atoms with van der Waals surface area (Å²) >= 11 is 0. The maximum Gasteiger partial charge on any atom is 0.262 e. The largest absolute Gasteiger partial charge is 0.504 e. The van der Waals surface area contributed by atoms with Crippen LogP contribution in [0.2, 0.25) is 0 Å². The third-order valence-electron chi connectivity index (χ3n) is 3.81. The molecule has 0 bridgehead atoms. The predicted octanol–water partition coefficient (Wildman–Crippen LogP) is 3.74. The summed E-state index contributed by atoms with van der Waals surface area (Å²) in [6.45, 7) is 6.21. The summed E-state index contributed by atoms with van der Waals surface area (Å²) < 4.78 is 5.45. The molecule has 5 heteroatoms. The summed E-state index contributed by atoms with van der Waals surface area (Å²) in [5.74, 6) is -0.108. The minimum Gasteiger partial charge on any atom is -0.504 e. The number of carbonyl (C=O) groups excluding carboxylic acids is 1. The second kappa shape index (κ2) is 9.83. The van der Waals surface area contributed by atoms with Gasteiger partial charge in [0.05, 0.1) is 6.61 Å². The van der Waals surface area contributed by atoms with Gasteiger partial charge in [-0.15, -0.1) is 6.58 Å². The van der Waals surface area contributed by atoms with Crippen molar-refractivity contribution in [2.24, 2.45) is 0 Å². The lowest BCUT2D eigenvalue weighted by Gasteiger charge is -2.11. The molecule has 0 atom stereocenters. The third-order valence-corrected chi connectivity index (χ3v) is 3.81. The summed E-state index contributed by atoms with van der Waals surface area (Å²) in [4.78, 5) is 12.3. The Bertz CT molecular complexity index is 880. The van der Waals surface area contributed by atoms with Crippen molar-refractivity contribution in [2.45, 2.75) is 19.9 Å². The Morgan fingerprint density at radius 3 is 2.70 bits per heavy atom. The number of phenols is 1. The number of aromatic hydroxyl groups is 1. The first-order chi connectivity index (χ1) is 13.1. The molecule has 5 nitrogen and oxygen atoms in total. The zero-order valence-electron chi connectivity index (χ0n) is 15.2. The van der Waals surface area contributed by atoms with E-state index in [2.05, 4.69) is 11.9 Å². The van der Waals surface area contributed by atoms with Gasteiger partial charge in [0.1, 0.15) is 11.6 Å². The Kier molecular flexibility index (Phi) is 7.21. The molecule has 0 aliphatic rings. The molecule has 138 valence electrons. The molecule has 0 aliphatic heterocycles. The van der Waals surface area contributed by atoms with Crippen molar-refractivity contribution in [3.63, 3.8) is 0 Å². The fraction of sp³-hybridized carbons (Fsp3) is 0.182. The van der Waals surface area contributed by atoms with Gasteiger partial charge in [0.2, 0.25) is 0 Å². The fourth-order valence-electron chi connectivity index (χ4n) is 2.54. The lowest BCUT2D eigenvalue weighted by molar-refractivity contribution is -0.117. The smallest absolute Gasteiger partial charge is 0.262 e. The van der Waals surface area contributed by atoms with E-state index in [0.717, 1.165) is 5.56 Å². The quantitative estimate of drug-likeness (QED) is 0.426. The number of amides is 1. The maximum atomic E-state index is 12.3. The highest BCUT2D eigenvalue weighted by Crippen LogP contribution is 2.33. The summed E-state index contributed by atoms with van der Waals surface area (Å²) in [5, 5.41) is 22.4. The van der Waals surface area contributed by atoms with Crippen LogP contribution in [0.5, 0.6) is 11.5 Å². The van der Waals surface area contributed by atoms with Crippen LogP contribution in [-0.4, -0.2) is 17.6 Å². The predicted molar refractivity (Wildman–Crippen MR) is 105 cm³/mol. The Labute approximate surface area is 159 Å². The minimum atomic E-state index is -0.461. The molecule has 2 aromatic carbocycles. The number of rotatable bonds is 8. The molecular formula is C22H22N2O3. The fourth-order valence-corrected chi connectivity index (χ4v) is 2.54. The molecule has 2 rings (SSSR count). The molecule has 0 saturated heterocycles. The van der Waals surface area contributed by atoms with Crippen molar-refractivity contribution >= 4 is 12.0 Å². The number of nitrogens with one attached hydrogen (secondary N) is 1. The first kappa shape index (κ1) is 19.8. The van der Waals surface area contributed by atoms with Crippen LogP contribution >= 0.6 is 0 Å². The Morgan fingerprint density at radius 2 is 2.07 bits per heavy atom. The van der Waals surface area contributed by atoms with Gasteiger partial charge >= 0.3 is 0 Å². The molecule has 27 heavy (non-hydrogen) atoms. The number of phenolic OH excluding ortho intramolecular Hbond substituents is 1. The van der Waals surface area contributed by atoms with Crippen LogP contribution in [0.25, 0.3) is 6.08 Å². The third kappa shape index (κ3) is 5.48. The van der Waals surface area contributed by atoms with Gasteiger partial charge in [-0.05, 0) is 42.7 Å². The first-order valence-corrected chi connectivity index (χ1v) is 8.62. The van der Waals surface area contributed by atoms with Crippen LogP contribution in [0.3, 0.4) is 0 Å². The van der Waals surface area contributed by atoms with Crippen molar-refractivity contribution in [1.29, 1.82) is 5.26 Å². The number of carbonyl (C=O) groups is 1. The molecule has 0 fully saturated rings. The van der Waals surface area contributed by atoms with Crippen molar-refractivity contribution in [2.75, 3.05) is 6.61 Å². The number of benzene rings is 2. The van der Waals surface area contributed by atoms with E-state index in [1.54, 1.807) is 18.2 Å². The average Bonchev–Trinajstić information content (AvgIpc) is 2.68. The van der Waals surface area contributed by atoms with Gasteiger partial charge in [-0.1, -0.05) is 36.4 Å². The highest BCUT2D eigenvalue weighted by molar-refractivity contribution is 6.01. The molecule has 0 spiro atoms. The molecule has 1 amide bonds. The van der Waals surface area contributed by atoms with Crippen LogP contribution in [0.4, 0.5) is 0 Å². The van der Waals surface area contributed by atoms with Crippen LogP contribution in [0, 0.1) is 11.3 Å². The van der Waals surface area contributed by atoms with Crippen LogP contribution in [-0.2, 0) is 17.8 Å². The van der Waals surface area contributed by atoms with Gasteiger partial charge in [-0.3, -0.25) is 4.79 Å². The van der Waals surface area contributed by atoms with Gasteiger partial charge in [0, 0.05) is 12.1 Å². The lowest BCUT2D eigenvalue weighted by Crippen LogP contribution is -2.23. The topological polar surface area (TPSA) is 82.4 Å². The monoisotopic (exact) mass is 362 g/mol. The molecule has 2 N–H and O–H groups in total. The molecule has 0 unspecified atom stereocenters. The van der Waals surface area contributed by atoms with E-state index in [1.165, 1.54) is 6.08 Å². The van der Waals surface area contributed by atoms with Gasteiger partial charge in [0.25, 0.3) is 5.91 Å². The SMILES string of the molecule is C=CCc1cc(/C=C(/C#N)C(=O)NCc2ccccc2)cc(OCC)c1O. The molecule has 0 saturated carbocycles. The van der Waals surface area contributed by atoms with E-state index in [-0.39, 0.29) is 11.3 Å². The summed E-state index contributed by atoms with van der Waals surface area (Å²) in [7, 11) is 0. The average molecular weight is 362 g/mol. The second-order valence-electron chi connectivity index (χ2n) is 5.79. The standard InChI is InChI=1S/C22H22N2O3/c1-3-8-18-11-17(13-20(21(18)25)27-4-2)12-19(14-23)22(26)24-15-16-9-6-5-7-10-16/h3,5-7,9-13,25H,1,4,8,15H2,2H3,(H,24,26)/b19-12-. The van der Waals surface area contributed by atoms with Crippen molar-refractivity contribution < 1.29 is 14.6 Å². The van der Waals surface area contributed by atoms with Crippen LogP contribution in [0.15, 0.2) is 60.7 Å². The molecule has 2 aromatic rings. The second-order valence-corrected chi connectivity index (χ2v) is 5.79. The highest BCUT2D eigenvalue weighted by Gasteiger charge is 2.13. The first-order valence-electron chi connectivity index (χ1n) is 8.62. The Hall–Kier alpha value is -3.52.